The van der Waals surface area contributed by atoms with Gasteiger partial charge in [0.25, 0.3) is 5.91 Å². The number of halogens is 3. The van der Waals surface area contributed by atoms with Crippen LogP contribution in [-0.2, 0) is 12.7 Å². The molecule has 0 radical (unpaired) electrons. The Morgan fingerprint density at radius 1 is 0.952 bits per heavy atom. The first kappa shape index (κ1) is 29.3. The zero-order chi connectivity index (χ0) is 29.9. The van der Waals surface area contributed by atoms with E-state index in [1.54, 1.807) is 24.5 Å². The van der Waals surface area contributed by atoms with Crippen molar-refractivity contribution in [3.8, 4) is 11.8 Å². The van der Waals surface area contributed by atoms with Gasteiger partial charge in [0.05, 0.1) is 11.1 Å². The van der Waals surface area contributed by atoms with Gasteiger partial charge in [0, 0.05) is 72.7 Å². The third-order valence-electron chi connectivity index (χ3n) is 7.60. The van der Waals surface area contributed by atoms with Crippen molar-refractivity contribution in [3.05, 3.63) is 106 Å². The Bertz CT molecular complexity index is 1660. The Kier molecular flexibility index (Phi) is 8.62. The summed E-state index contributed by atoms with van der Waals surface area (Å²) in [6.07, 6.45) is -1.04. The van der Waals surface area contributed by atoms with E-state index < -0.39 is 17.6 Å². The highest BCUT2D eigenvalue weighted by atomic mass is 19.4. The van der Waals surface area contributed by atoms with E-state index in [1.807, 2.05) is 56.1 Å². The number of alkyl halides is 3. The van der Waals surface area contributed by atoms with Crippen LogP contribution in [0, 0.1) is 11.8 Å². The molecule has 1 aliphatic rings. The molecule has 0 aliphatic carbocycles. The lowest BCUT2D eigenvalue weighted by Gasteiger charge is -2.33. The molecule has 0 saturated carbocycles. The lowest BCUT2D eigenvalue weighted by Crippen LogP contribution is -2.44. The average molecular weight is 571 g/mol. The van der Waals surface area contributed by atoms with E-state index in [-0.39, 0.29) is 23.7 Å². The molecule has 1 aromatic heterocycles. The second-order valence-corrected chi connectivity index (χ2v) is 11.0. The minimum atomic E-state index is -4.54. The van der Waals surface area contributed by atoms with Crippen molar-refractivity contribution in [2.75, 3.05) is 38.5 Å². The van der Waals surface area contributed by atoms with Gasteiger partial charge in [-0.3, -0.25) is 14.7 Å². The molecule has 216 valence electrons. The molecule has 0 bridgehead atoms. The Morgan fingerprint density at radius 3 is 2.43 bits per heavy atom. The fourth-order valence-electron chi connectivity index (χ4n) is 5.17. The maximum Gasteiger partial charge on any atom is 0.416 e. The van der Waals surface area contributed by atoms with Gasteiger partial charge in [-0.2, -0.15) is 13.2 Å². The molecule has 4 aromatic rings. The van der Waals surface area contributed by atoms with Crippen molar-refractivity contribution in [2.45, 2.75) is 32.5 Å². The number of rotatable bonds is 5. The molecule has 8 heteroatoms. The summed E-state index contributed by atoms with van der Waals surface area (Å²) >= 11 is 0. The Labute approximate surface area is 244 Å². The summed E-state index contributed by atoms with van der Waals surface area (Å²) in [6.45, 7) is 7.35. The van der Waals surface area contributed by atoms with Crippen LogP contribution in [0.3, 0.4) is 0 Å². The minimum Gasteiger partial charge on any atom is -0.322 e. The number of nitrogens with zero attached hydrogens (tertiary/aromatic N) is 3. The van der Waals surface area contributed by atoms with Crippen LogP contribution < -0.4 is 5.32 Å². The zero-order valence-electron chi connectivity index (χ0n) is 23.9. The SMILES string of the molecule is CC(C)c1ccc(C(=O)Nc2ccc(CN3CCN(C)CC3)c(C(F)(F)F)c2)cc1C#Cc1cncc2ccccc12. The highest BCUT2D eigenvalue weighted by molar-refractivity contribution is 6.04. The van der Waals surface area contributed by atoms with Crippen LogP contribution >= 0.6 is 0 Å². The highest BCUT2D eigenvalue weighted by Gasteiger charge is 2.34. The van der Waals surface area contributed by atoms with Crippen LogP contribution in [0.15, 0.2) is 73.1 Å². The van der Waals surface area contributed by atoms with Crippen molar-refractivity contribution in [3.63, 3.8) is 0 Å². The molecule has 1 N–H and O–H groups in total. The molecule has 1 saturated heterocycles. The summed E-state index contributed by atoms with van der Waals surface area (Å²) in [5.74, 6) is 6.07. The second-order valence-electron chi connectivity index (χ2n) is 11.0. The molecule has 0 unspecified atom stereocenters. The standard InChI is InChI=1S/C34H33F3N4O/c1-23(2)30-13-11-25(18-24(30)8-9-27-21-38-20-26-6-4-5-7-31(26)27)33(42)39-29-12-10-28(32(19-29)34(35,36)37)22-41-16-14-40(3)15-17-41/h4-7,10-13,18-21,23H,14-17,22H2,1-3H3,(H,39,42). The number of carbonyl (C=O) groups excluding carboxylic acids is 1. The molecule has 5 nitrogen and oxygen atoms in total. The van der Waals surface area contributed by atoms with Gasteiger partial charge >= 0.3 is 6.18 Å². The van der Waals surface area contributed by atoms with Crippen molar-refractivity contribution in [2.24, 2.45) is 0 Å². The van der Waals surface area contributed by atoms with E-state index in [2.05, 4.69) is 27.0 Å². The first-order chi connectivity index (χ1) is 20.1. The number of piperazine rings is 1. The number of amides is 1. The maximum absolute atomic E-state index is 14.0. The summed E-state index contributed by atoms with van der Waals surface area (Å²) in [4.78, 5) is 21.7. The monoisotopic (exact) mass is 570 g/mol. The first-order valence-electron chi connectivity index (χ1n) is 14.0. The molecule has 5 rings (SSSR count). The Balaban J connectivity index is 1.40. The summed E-state index contributed by atoms with van der Waals surface area (Å²) in [5.41, 5.74) is 2.31. The largest absolute Gasteiger partial charge is 0.416 e. The van der Waals surface area contributed by atoms with E-state index in [9.17, 15) is 18.0 Å². The smallest absolute Gasteiger partial charge is 0.322 e. The summed E-state index contributed by atoms with van der Waals surface area (Å²) in [5, 5.41) is 4.63. The summed E-state index contributed by atoms with van der Waals surface area (Å²) in [6, 6.07) is 17.1. The number of aromatic nitrogens is 1. The number of hydrogen-bond donors (Lipinski definition) is 1. The molecular formula is C34H33F3N4O. The maximum atomic E-state index is 14.0. The van der Waals surface area contributed by atoms with Crippen LogP contribution in [0.4, 0.5) is 18.9 Å². The number of fused-ring (bicyclic) bond motifs is 1. The van der Waals surface area contributed by atoms with Gasteiger partial charge in [0.15, 0.2) is 0 Å². The number of anilines is 1. The van der Waals surface area contributed by atoms with Gasteiger partial charge in [-0.05, 0) is 48.4 Å². The number of pyridine rings is 1. The van der Waals surface area contributed by atoms with Crippen LogP contribution in [0.25, 0.3) is 10.8 Å². The van der Waals surface area contributed by atoms with E-state index in [0.29, 0.717) is 24.2 Å². The molecule has 1 amide bonds. The van der Waals surface area contributed by atoms with E-state index in [4.69, 9.17) is 0 Å². The second kappa shape index (κ2) is 12.4. The van der Waals surface area contributed by atoms with Crippen LogP contribution in [0.1, 0.15) is 57.9 Å². The van der Waals surface area contributed by atoms with Crippen molar-refractivity contribution in [1.29, 1.82) is 0 Å². The molecule has 1 aliphatic heterocycles. The third kappa shape index (κ3) is 6.81. The Hall–Kier alpha value is -4.19. The van der Waals surface area contributed by atoms with Gasteiger partial charge < -0.3 is 10.2 Å². The molecule has 3 aromatic carbocycles. The molecule has 2 heterocycles. The predicted octanol–water partition coefficient (Wildman–Crippen LogP) is 6.78. The topological polar surface area (TPSA) is 48.5 Å². The summed E-state index contributed by atoms with van der Waals surface area (Å²) in [7, 11) is 2.00. The molecule has 1 fully saturated rings. The fraction of sp³-hybridized carbons (Fsp3) is 0.294. The van der Waals surface area contributed by atoms with Gasteiger partial charge in [-0.25, -0.2) is 0 Å². The summed E-state index contributed by atoms with van der Waals surface area (Å²) < 4.78 is 42.1. The zero-order valence-corrected chi connectivity index (χ0v) is 23.9. The number of carbonyl (C=O) groups is 1. The number of likely N-dealkylation sites (N-methyl/N-ethyl adjacent to an activating group) is 1. The predicted molar refractivity (Wildman–Crippen MR) is 160 cm³/mol. The van der Waals surface area contributed by atoms with Gasteiger partial charge in [-0.15, -0.1) is 0 Å². The minimum absolute atomic E-state index is 0.0943. The quantitative estimate of drug-likeness (QED) is 0.269. The van der Waals surface area contributed by atoms with Crippen molar-refractivity contribution < 1.29 is 18.0 Å². The van der Waals surface area contributed by atoms with E-state index >= 15 is 0 Å². The number of hydrogen-bond acceptors (Lipinski definition) is 4. The van der Waals surface area contributed by atoms with Crippen LogP contribution in [0.2, 0.25) is 0 Å². The molecule has 42 heavy (non-hydrogen) atoms. The van der Waals surface area contributed by atoms with Gasteiger partial charge in [0.1, 0.15) is 0 Å². The van der Waals surface area contributed by atoms with Crippen LogP contribution in [-0.4, -0.2) is 53.9 Å². The highest BCUT2D eigenvalue weighted by Crippen LogP contribution is 2.35. The van der Waals surface area contributed by atoms with Crippen LogP contribution in [0.5, 0.6) is 0 Å². The van der Waals surface area contributed by atoms with Crippen molar-refractivity contribution >= 4 is 22.4 Å². The Morgan fingerprint density at radius 2 is 1.69 bits per heavy atom. The molecular weight excluding hydrogens is 537 g/mol. The van der Waals surface area contributed by atoms with Gasteiger partial charge in [0.2, 0.25) is 0 Å². The average Bonchev–Trinajstić information content (AvgIpc) is 2.97. The van der Waals surface area contributed by atoms with E-state index in [0.717, 1.165) is 41.1 Å². The fourth-order valence-corrected chi connectivity index (χ4v) is 5.17. The number of benzene rings is 3. The van der Waals surface area contributed by atoms with Crippen molar-refractivity contribution in [1.82, 2.24) is 14.8 Å². The number of nitrogens with one attached hydrogen (secondary N) is 1. The first-order valence-corrected chi connectivity index (χ1v) is 14.0. The lowest BCUT2D eigenvalue weighted by molar-refractivity contribution is -0.138. The third-order valence-corrected chi connectivity index (χ3v) is 7.60. The lowest BCUT2D eigenvalue weighted by atomic mass is 9.95. The molecule has 0 spiro atoms. The normalized spacial score (nSPS) is 14.5. The molecule has 0 atom stereocenters. The van der Waals surface area contributed by atoms with E-state index in [1.165, 1.54) is 12.1 Å². The van der Waals surface area contributed by atoms with Gasteiger partial charge in [-0.1, -0.05) is 62.1 Å².